The number of allylic oxidation sites excluding steroid dienone is 5. The lowest BCUT2D eigenvalue weighted by atomic mass is 10.0. The van der Waals surface area contributed by atoms with E-state index < -0.39 is 11.7 Å². The summed E-state index contributed by atoms with van der Waals surface area (Å²) >= 11 is 2.23. The molecule has 0 N–H and O–H groups in total. The molecule has 9 heteroatoms. The molecule has 1 amide bonds. The highest BCUT2D eigenvalue weighted by molar-refractivity contribution is 14.2. The number of benzene rings is 1. The Kier molecular flexibility index (Phi) is 8.56. The van der Waals surface area contributed by atoms with E-state index in [1.54, 1.807) is 18.2 Å². The Morgan fingerprint density at radius 1 is 1.18 bits per heavy atom. The Morgan fingerprint density at radius 2 is 1.95 bits per heavy atom. The van der Waals surface area contributed by atoms with E-state index in [1.165, 1.54) is 14.7 Å². The van der Waals surface area contributed by atoms with Crippen LogP contribution < -0.4 is 4.74 Å². The largest absolute Gasteiger partial charge is 0.496 e. The number of aromatic nitrogens is 3. The van der Waals surface area contributed by atoms with Gasteiger partial charge in [0.1, 0.15) is 11.4 Å². The second-order valence-electron chi connectivity index (χ2n) is 10.4. The van der Waals surface area contributed by atoms with Gasteiger partial charge in [-0.15, -0.1) is 0 Å². The van der Waals surface area contributed by atoms with E-state index in [1.807, 2.05) is 44.9 Å². The van der Waals surface area contributed by atoms with Gasteiger partial charge < -0.3 is 9.47 Å². The molecule has 0 unspecified atom stereocenters. The smallest absolute Gasteiger partial charge is 0.415 e. The summed E-state index contributed by atoms with van der Waals surface area (Å²) < 4.78 is 13.4. The van der Waals surface area contributed by atoms with Gasteiger partial charge in [0.15, 0.2) is 0 Å². The lowest BCUT2D eigenvalue weighted by Crippen LogP contribution is -2.36. The zero-order chi connectivity index (χ0) is 27.6. The summed E-state index contributed by atoms with van der Waals surface area (Å²) in [4.78, 5) is 19.9. The summed E-state index contributed by atoms with van der Waals surface area (Å²) in [6, 6.07) is 6.32. The van der Waals surface area contributed by atoms with Crippen LogP contribution in [0.4, 0.5) is 4.79 Å². The first-order chi connectivity index (χ1) is 18.0. The van der Waals surface area contributed by atoms with Gasteiger partial charge in [-0.3, -0.25) is 9.88 Å². The molecule has 200 valence electrons. The molecule has 0 aliphatic heterocycles. The number of amides is 1. The van der Waals surface area contributed by atoms with Crippen molar-refractivity contribution in [3.05, 3.63) is 82.5 Å². The molecule has 2 heterocycles. The maximum Gasteiger partial charge on any atom is 0.415 e. The number of rotatable bonds is 6. The van der Waals surface area contributed by atoms with Crippen LogP contribution in [0, 0.1) is 13.8 Å². The Labute approximate surface area is 240 Å². The zero-order valence-electron chi connectivity index (χ0n) is 22.8. The molecule has 0 saturated carbocycles. The topological polar surface area (TPSA) is 69.5 Å². The third kappa shape index (κ3) is 6.26. The Morgan fingerprint density at radius 3 is 2.63 bits per heavy atom. The van der Waals surface area contributed by atoms with Gasteiger partial charge in [0.2, 0.25) is 0 Å². The van der Waals surface area contributed by atoms with Crippen LogP contribution >= 0.6 is 30.3 Å². The van der Waals surface area contributed by atoms with Crippen LogP contribution in [0.25, 0.3) is 16.5 Å². The Bertz CT molecular complexity index is 1470. The molecule has 7 nitrogen and oxygen atoms in total. The molecule has 0 fully saturated rings. The van der Waals surface area contributed by atoms with Gasteiger partial charge in [-0.2, -0.15) is 9.19 Å². The quantitative estimate of drug-likeness (QED) is 0.254. The van der Waals surface area contributed by atoms with Crippen LogP contribution in [0.1, 0.15) is 56.5 Å². The fraction of sp³-hybridized carbons (Fsp3) is 0.345. The molecule has 1 aromatic carbocycles. The average Bonchev–Trinajstić information content (AvgIpc) is 3.17. The van der Waals surface area contributed by atoms with Gasteiger partial charge >= 0.3 is 6.09 Å². The molecule has 1 aliphatic carbocycles. The number of carbonyl (C=O) groups is 1. The normalized spacial score (nSPS) is 13.9. The second kappa shape index (κ2) is 11.5. The van der Waals surface area contributed by atoms with Gasteiger partial charge in [-0.1, -0.05) is 23.8 Å². The van der Waals surface area contributed by atoms with Gasteiger partial charge in [-0.25, -0.2) is 4.79 Å². The van der Waals surface area contributed by atoms with Crippen molar-refractivity contribution in [1.29, 1.82) is 0 Å². The minimum absolute atomic E-state index is 0.255. The number of halogens is 1. The monoisotopic (exact) mass is 644 g/mol. The molecule has 4 rings (SSSR count). The highest BCUT2D eigenvalue weighted by Crippen LogP contribution is 2.32. The fourth-order valence-corrected chi connectivity index (χ4v) is 5.67. The summed E-state index contributed by atoms with van der Waals surface area (Å²) in [5, 5.41) is 5.51. The van der Waals surface area contributed by atoms with Crippen LogP contribution in [0.3, 0.4) is 0 Å². The van der Waals surface area contributed by atoms with Crippen LogP contribution in [0.15, 0.2) is 60.1 Å². The fourth-order valence-electron chi connectivity index (χ4n) is 4.41. The number of hydrogen-bond acceptors (Lipinski definition) is 6. The van der Waals surface area contributed by atoms with E-state index in [9.17, 15) is 4.79 Å². The van der Waals surface area contributed by atoms with Crippen LogP contribution in [-0.2, 0) is 11.3 Å². The SMILES string of the molecule is COc1c(C)cnc(CN(C(=O)OC(C)(C)C)C2=CCC(C)=CC(c3ccc4c(cnn4SI)c3)=C2)c1C. The van der Waals surface area contributed by atoms with Crippen molar-refractivity contribution >= 4 is 52.9 Å². The molecular formula is C29H33IN4O3S. The first-order valence-corrected chi connectivity index (χ1v) is 15.7. The highest BCUT2D eigenvalue weighted by Gasteiger charge is 2.27. The van der Waals surface area contributed by atoms with Crippen LogP contribution in [0.5, 0.6) is 5.75 Å². The summed E-state index contributed by atoms with van der Waals surface area (Å²) in [7, 11) is 3.19. The van der Waals surface area contributed by atoms with Gasteiger partial charge in [0.05, 0.1) is 31.1 Å². The van der Waals surface area contributed by atoms with E-state index >= 15 is 0 Å². The summed E-state index contributed by atoms with van der Waals surface area (Å²) in [5.74, 6) is 0.779. The third-order valence-electron chi connectivity index (χ3n) is 6.26. The molecule has 1 aliphatic rings. The molecule has 38 heavy (non-hydrogen) atoms. The minimum Gasteiger partial charge on any atom is -0.496 e. The first kappa shape index (κ1) is 28.2. The van der Waals surface area contributed by atoms with Crippen molar-refractivity contribution in [3.8, 4) is 5.75 Å². The molecule has 0 spiro atoms. The summed E-state index contributed by atoms with van der Waals surface area (Å²) in [6.07, 6.45) is 10.3. The lowest BCUT2D eigenvalue weighted by Gasteiger charge is -2.29. The number of ether oxygens (including phenoxy) is 2. The molecule has 0 atom stereocenters. The predicted octanol–water partition coefficient (Wildman–Crippen LogP) is 7.96. The zero-order valence-corrected chi connectivity index (χ0v) is 25.8. The standard InChI is InChI=1S/C29H33IN4O3S/c1-18-8-10-24(14-22(12-18)21-9-11-26-23(13-21)16-32-34(26)38-30)33(28(35)37-29(4,5)6)17-25-20(3)27(36-7)19(2)15-31-25/h9-16H,8,17H2,1-7H3. The van der Waals surface area contributed by atoms with Gasteiger partial charge in [-0.05, 0) is 77.3 Å². The van der Waals surface area contributed by atoms with Crippen molar-refractivity contribution in [2.75, 3.05) is 7.11 Å². The number of fused-ring (bicyclic) bond motifs is 1. The van der Waals surface area contributed by atoms with Crippen molar-refractivity contribution in [2.45, 2.75) is 60.1 Å². The first-order valence-electron chi connectivity index (χ1n) is 12.4. The van der Waals surface area contributed by atoms with Crippen LogP contribution in [0.2, 0.25) is 0 Å². The number of nitrogens with zero attached hydrogens (tertiary/aromatic N) is 4. The number of aryl methyl sites for hydroxylation is 1. The van der Waals surface area contributed by atoms with Crippen molar-refractivity contribution in [1.82, 2.24) is 19.1 Å². The number of hydrogen-bond donors (Lipinski definition) is 0. The van der Waals surface area contributed by atoms with Crippen molar-refractivity contribution in [3.63, 3.8) is 0 Å². The van der Waals surface area contributed by atoms with Crippen molar-refractivity contribution < 1.29 is 14.3 Å². The number of methoxy groups -OCH3 is 1. The van der Waals surface area contributed by atoms with Gasteiger partial charge in [0.25, 0.3) is 0 Å². The maximum atomic E-state index is 13.6. The van der Waals surface area contributed by atoms with Gasteiger partial charge in [0, 0.05) is 58.7 Å². The minimum atomic E-state index is -0.642. The Balaban J connectivity index is 1.78. The molecule has 2 aromatic heterocycles. The second-order valence-corrected chi connectivity index (χ2v) is 12.1. The van der Waals surface area contributed by atoms with E-state index in [0.29, 0.717) is 6.42 Å². The molecule has 3 aromatic rings. The Hall–Kier alpha value is -2.79. The van der Waals surface area contributed by atoms with E-state index in [-0.39, 0.29) is 6.54 Å². The summed E-state index contributed by atoms with van der Waals surface area (Å²) in [5.41, 5.74) is 7.06. The van der Waals surface area contributed by atoms with E-state index in [4.69, 9.17) is 9.47 Å². The highest BCUT2D eigenvalue weighted by atomic mass is 127. The van der Waals surface area contributed by atoms with E-state index in [0.717, 1.165) is 50.3 Å². The average molecular weight is 645 g/mol. The summed E-state index contributed by atoms with van der Waals surface area (Å²) in [6.45, 7) is 11.9. The van der Waals surface area contributed by atoms with E-state index in [2.05, 4.69) is 74.6 Å². The molecule has 0 bridgehead atoms. The van der Waals surface area contributed by atoms with Crippen molar-refractivity contribution in [2.24, 2.45) is 0 Å². The predicted molar refractivity (Wildman–Crippen MR) is 163 cm³/mol. The third-order valence-corrected chi connectivity index (χ3v) is 7.80. The molecular weight excluding hydrogens is 611 g/mol. The number of carbonyl (C=O) groups excluding carboxylic acids is 1. The molecule has 0 radical (unpaired) electrons. The molecule has 0 saturated heterocycles. The maximum absolute atomic E-state index is 13.6. The number of pyridine rings is 1. The van der Waals surface area contributed by atoms with Crippen LogP contribution in [-0.4, -0.2) is 37.9 Å². The lowest BCUT2D eigenvalue weighted by molar-refractivity contribution is 0.0304.